The molecule has 5 rings (SSSR count). The molecule has 12 heteroatoms. The van der Waals surface area contributed by atoms with E-state index >= 15 is 0 Å². The molecular formula is C35H44F2N6O4. The number of aromatic nitrogens is 2. The number of likely N-dealkylation sites (N-methyl/N-ethyl adjacent to an activating group) is 1. The molecule has 47 heavy (non-hydrogen) atoms. The molecule has 0 saturated carbocycles. The maximum atomic E-state index is 14.3. The summed E-state index contributed by atoms with van der Waals surface area (Å²) in [6.07, 6.45) is 3.51. The van der Waals surface area contributed by atoms with E-state index in [0.717, 1.165) is 35.0 Å². The van der Waals surface area contributed by atoms with E-state index in [2.05, 4.69) is 15.5 Å². The van der Waals surface area contributed by atoms with Gasteiger partial charge in [0.1, 0.15) is 11.4 Å². The van der Waals surface area contributed by atoms with E-state index in [-0.39, 0.29) is 24.2 Å². The number of likely N-dealkylation sites (tertiary alicyclic amines) is 1. The first-order valence-electron chi connectivity index (χ1n) is 15.9. The maximum absolute atomic E-state index is 14.3. The van der Waals surface area contributed by atoms with Gasteiger partial charge in [-0.2, -0.15) is 5.10 Å². The summed E-state index contributed by atoms with van der Waals surface area (Å²) in [6.45, 7) is 8.83. The number of hydrogen-bond acceptors (Lipinski definition) is 6. The molecule has 0 radical (unpaired) electrons. The summed E-state index contributed by atoms with van der Waals surface area (Å²) in [6, 6.07) is 12.2. The van der Waals surface area contributed by atoms with Gasteiger partial charge in [0.2, 0.25) is 0 Å². The Morgan fingerprint density at radius 3 is 2.47 bits per heavy atom. The fraction of sp³-hybridized carbons (Fsp3) is 0.457. The van der Waals surface area contributed by atoms with Crippen LogP contribution in [0, 0.1) is 18.6 Å². The summed E-state index contributed by atoms with van der Waals surface area (Å²) in [5.41, 5.74) is 3.24. The Kier molecular flexibility index (Phi) is 10.3. The molecule has 0 bridgehead atoms. The average molecular weight is 651 g/mol. The number of nitrogens with one attached hydrogen (secondary N) is 2. The molecule has 3 aromatic rings. The van der Waals surface area contributed by atoms with Gasteiger partial charge >= 0.3 is 12.1 Å². The van der Waals surface area contributed by atoms with Gasteiger partial charge in [-0.05, 0) is 89.4 Å². The molecule has 252 valence electrons. The standard InChI is InChI=1S/C35H44F2N6O4/c1-22-30(23-14-17-42(18-15-23)34(45)47-35(2,3)4)40-43(25-10-8-7-9-11-25)32(22)39-33(44)38-29-21-26(16-19-46-6)41(5)31(29)24-12-13-27(36)28(37)20-24/h7-14,20,26,29,31H,15-19,21H2,1-6H3,(H2,38,39,44)/t26-,29-,31+/m1/s1. The molecule has 2 N–H and O–H groups in total. The van der Waals surface area contributed by atoms with Crippen LogP contribution < -0.4 is 10.6 Å². The second kappa shape index (κ2) is 14.2. The number of nitrogens with zero attached hydrogens (tertiary/aromatic N) is 4. The SMILES string of the molecule is COCC[C@@H]1C[C@@H](NC(=O)Nc2c(C)c(C3=CCN(C(=O)OC(C)(C)C)CC3)nn2-c2ccccc2)[C@H](c2ccc(F)c(F)c2)N1C. The first-order chi connectivity index (χ1) is 22.4. The topological polar surface area (TPSA) is 101 Å². The second-order valence-electron chi connectivity index (χ2n) is 13.1. The number of halogens is 2. The van der Waals surface area contributed by atoms with Crippen LogP contribution in [0.1, 0.15) is 62.9 Å². The van der Waals surface area contributed by atoms with Crippen molar-refractivity contribution in [3.63, 3.8) is 0 Å². The van der Waals surface area contributed by atoms with Crippen LogP contribution in [0.3, 0.4) is 0 Å². The van der Waals surface area contributed by atoms with Crippen molar-refractivity contribution in [3.8, 4) is 5.69 Å². The van der Waals surface area contributed by atoms with Gasteiger partial charge in [0.25, 0.3) is 0 Å². The molecule has 10 nitrogen and oxygen atoms in total. The highest BCUT2D eigenvalue weighted by Crippen LogP contribution is 2.37. The van der Waals surface area contributed by atoms with Gasteiger partial charge in [-0.15, -0.1) is 0 Å². The number of carbonyl (C=O) groups excluding carboxylic acids is 2. The summed E-state index contributed by atoms with van der Waals surface area (Å²) < 4.78 is 40.7. The average Bonchev–Trinajstić information content (AvgIpc) is 3.52. The number of methoxy groups -OCH3 is 1. The molecule has 1 fully saturated rings. The highest BCUT2D eigenvalue weighted by Gasteiger charge is 2.41. The number of hydrogen-bond donors (Lipinski definition) is 2. The fourth-order valence-electron chi connectivity index (χ4n) is 6.37. The molecule has 3 amide bonds. The molecule has 0 aliphatic carbocycles. The van der Waals surface area contributed by atoms with Crippen molar-refractivity contribution in [3.05, 3.63) is 83.1 Å². The number of para-hydroxylation sites is 1. The third-order valence-electron chi connectivity index (χ3n) is 8.70. The molecule has 2 aromatic carbocycles. The highest BCUT2D eigenvalue weighted by atomic mass is 19.2. The zero-order valence-corrected chi connectivity index (χ0v) is 27.8. The van der Waals surface area contributed by atoms with Crippen LogP contribution >= 0.6 is 0 Å². The second-order valence-corrected chi connectivity index (χ2v) is 13.1. The zero-order valence-electron chi connectivity index (χ0n) is 27.8. The number of benzene rings is 2. The molecule has 1 aromatic heterocycles. The third kappa shape index (κ3) is 7.82. The minimum atomic E-state index is -0.930. The van der Waals surface area contributed by atoms with E-state index in [1.807, 2.05) is 71.2 Å². The zero-order chi connectivity index (χ0) is 33.9. The van der Waals surface area contributed by atoms with Crippen molar-refractivity contribution >= 4 is 23.5 Å². The van der Waals surface area contributed by atoms with E-state index in [9.17, 15) is 18.4 Å². The predicted octanol–water partition coefficient (Wildman–Crippen LogP) is 6.46. The van der Waals surface area contributed by atoms with Crippen LogP contribution in [0.4, 0.5) is 24.2 Å². The number of carbonyl (C=O) groups is 2. The Labute approximate surface area is 274 Å². The van der Waals surface area contributed by atoms with E-state index in [0.29, 0.717) is 43.9 Å². The van der Waals surface area contributed by atoms with Gasteiger partial charge in [-0.25, -0.2) is 23.1 Å². The van der Waals surface area contributed by atoms with Gasteiger partial charge in [-0.1, -0.05) is 30.3 Å². The molecule has 2 aliphatic heterocycles. The van der Waals surface area contributed by atoms with Crippen molar-refractivity contribution < 1.29 is 27.8 Å². The Bertz CT molecular complexity index is 1620. The maximum Gasteiger partial charge on any atom is 0.410 e. The fourth-order valence-corrected chi connectivity index (χ4v) is 6.37. The summed E-state index contributed by atoms with van der Waals surface area (Å²) in [5, 5.41) is 11.1. The van der Waals surface area contributed by atoms with Gasteiger partial charge < -0.3 is 19.7 Å². The highest BCUT2D eigenvalue weighted by molar-refractivity contribution is 5.91. The molecule has 2 aliphatic rings. The van der Waals surface area contributed by atoms with Crippen molar-refractivity contribution in [2.75, 3.05) is 39.2 Å². The van der Waals surface area contributed by atoms with Crippen LogP contribution in [-0.4, -0.2) is 83.2 Å². The lowest BCUT2D eigenvalue weighted by Gasteiger charge is -2.29. The van der Waals surface area contributed by atoms with Crippen molar-refractivity contribution in [1.29, 1.82) is 0 Å². The van der Waals surface area contributed by atoms with Gasteiger partial charge in [0.15, 0.2) is 11.6 Å². The first kappa shape index (κ1) is 34.1. The minimum absolute atomic E-state index is 0.0556. The monoisotopic (exact) mass is 650 g/mol. The van der Waals surface area contributed by atoms with E-state index in [4.69, 9.17) is 14.6 Å². The Balaban J connectivity index is 1.40. The van der Waals surface area contributed by atoms with Crippen molar-refractivity contribution in [2.45, 2.75) is 70.7 Å². The van der Waals surface area contributed by atoms with Crippen LogP contribution in [0.15, 0.2) is 54.6 Å². The lowest BCUT2D eigenvalue weighted by atomic mass is 9.99. The summed E-state index contributed by atoms with van der Waals surface area (Å²) in [4.78, 5) is 30.1. The number of rotatable bonds is 8. The van der Waals surface area contributed by atoms with Crippen LogP contribution in [0.25, 0.3) is 11.3 Å². The Hall–Kier alpha value is -4.29. The molecule has 3 atom stereocenters. The number of ether oxygens (including phenoxy) is 2. The van der Waals surface area contributed by atoms with Gasteiger partial charge in [0.05, 0.1) is 23.5 Å². The van der Waals surface area contributed by atoms with E-state index in [1.165, 1.54) is 6.07 Å². The summed E-state index contributed by atoms with van der Waals surface area (Å²) >= 11 is 0. The smallest absolute Gasteiger partial charge is 0.410 e. The van der Waals surface area contributed by atoms with Crippen LogP contribution in [0.5, 0.6) is 0 Å². The summed E-state index contributed by atoms with van der Waals surface area (Å²) in [7, 11) is 3.56. The molecule has 0 unspecified atom stereocenters. The van der Waals surface area contributed by atoms with Gasteiger partial charge in [0, 0.05) is 38.4 Å². The van der Waals surface area contributed by atoms with E-state index in [1.54, 1.807) is 22.8 Å². The third-order valence-corrected chi connectivity index (χ3v) is 8.70. The lowest BCUT2D eigenvalue weighted by molar-refractivity contribution is 0.0270. The van der Waals surface area contributed by atoms with Crippen molar-refractivity contribution in [2.24, 2.45) is 0 Å². The summed E-state index contributed by atoms with van der Waals surface area (Å²) in [5.74, 6) is -1.34. The lowest BCUT2D eigenvalue weighted by Crippen LogP contribution is -2.41. The first-order valence-corrected chi connectivity index (χ1v) is 15.9. The molecule has 3 heterocycles. The van der Waals surface area contributed by atoms with E-state index < -0.39 is 23.3 Å². The van der Waals surface area contributed by atoms with Crippen molar-refractivity contribution in [1.82, 2.24) is 24.9 Å². The van der Waals surface area contributed by atoms with Crippen LogP contribution in [-0.2, 0) is 9.47 Å². The predicted molar refractivity (Wildman–Crippen MR) is 176 cm³/mol. The largest absolute Gasteiger partial charge is 0.444 e. The Morgan fingerprint density at radius 2 is 1.83 bits per heavy atom. The number of amides is 3. The Morgan fingerprint density at radius 1 is 1.09 bits per heavy atom. The number of anilines is 1. The van der Waals surface area contributed by atoms with Gasteiger partial charge in [-0.3, -0.25) is 10.2 Å². The molecular weight excluding hydrogens is 606 g/mol. The molecule has 1 saturated heterocycles. The normalized spacial score (nSPS) is 20.2. The van der Waals surface area contributed by atoms with Crippen LogP contribution in [0.2, 0.25) is 0 Å². The molecule has 0 spiro atoms. The quantitative estimate of drug-likeness (QED) is 0.291. The number of urea groups is 1. The minimum Gasteiger partial charge on any atom is -0.444 e.